The van der Waals surface area contributed by atoms with Crippen molar-refractivity contribution >= 4 is 57.3 Å². The second kappa shape index (κ2) is 19.0. The molecule has 0 spiro atoms. The molecule has 0 bridgehead atoms. The molecule has 14 heteroatoms. The zero-order valence-electron chi connectivity index (χ0n) is 27.7. The molecular weight excluding hydrogens is 602 g/mol. The molecule has 1 atom stereocenters. The van der Waals surface area contributed by atoms with Crippen molar-refractivity contribution in [3.8, 4) is 0 Å². The number of aryl methyl sites for hydroxylation is 2. The average molecular weight is 652 g/mol. The Morgan fingerprint density at radius 3 is 2.06 bits per heavy atom. The van der Waals surface area contributed by atoms with Gasteiger partial charge in [-0.1, -0.05) is 51.8 Å². The van der Waals surface area contributed by atoms with Gasteiger partial charge in [-0.05, 0) is 31.2 Å². The number of unbranched alkanes of at least 4 members (excludes halogenated alkanes) is 2. The van der Waals surface area contributed by atoms with Gasteiger partial charge in [0.05, 0.1) is 30.7 Å². The first-order valence-corrected chi connectivity index (χ1v) is 16.5. The number of anilines is 1. The largest absolute Gasteiger partial charge is 0.382 e. The predicted molar refractivity (Wildman–Crippen MR) is 181 cm³/mol. The smallest absolute Gasteiger partial charge is 0.239 e. The van der Waals surface area contributed by atoms with Crippen molar-refractivity contribution in [1.82, 2.24) is 41.1 Å². The number of aromatic nitrogens is 3. The maximum atomic E-state index is 12.3. The minimum atomic E-state index is -0.561. The highest BCUT2D eigenvalue weighted by molar-refractivity contribution is 6.06. The van der Waals surface area contributed by atoms with Gasteiger partial charge in [0, 0.05) is 44.3 Å². The summed E-state index contributed by atoms with van der Waals surface area (Å²) in [5, 5.41) is 13.8. The molecule has 3 aromatic rings. The summed E-state index contributed by atoms with van der Waals surface area (Å²) in [6, 6.07) is 7.90. The number of nitrogens with two attached hydrogens (primary N) is 1. The molecule has 256 valence electrons. The van der Waals surface area contributed by atoms with Crippen LogP contribution in [-0.2, 0) is 36.9 Å². The van der Waals surface area contributed by atoms with E-state index < -0.39 is 17.7 Å². The Morgan fingerprint density at radius 2 is 1.40 bits per heavy atom. The maximum absolute atomic E-state index is 12.3. The van der Waals surface area contributed by atoms with Crippen molar-refractivity contribution in [2.45, 2.75) is 78.7 Å². The molecule has 0 saturated carbocycles. The van der Waals surface area contributed by atoms with Crippen LogP contribution in [0.15, 0.2) is 24.3 Å². The fraction of sp³-hybridized carbons (Fsp3) is 0.545. The number of carbonyl (C=O) groups excluding carboxylic acids is 5. The van der Waals surface area contributed by atoms with Gasteiger partial charge >= 0.3 is 0 Å². The number of pyridine rings is 1. The summed E-state index contributed by atoms with van der Waals surface area (Å²) < 4.78 is 2.23. The van der Waals surface area contributed by atoms with Crippen LogP contribution in [0.1, 0.15) is 71.5 Å². The zero-order valence-corrected chi connectivity index (χ0v) is 27.7. The Hall–Kier alpha value is -4.75. The lowest BCUT2D eigenvalue weighted by Crippen LogP contribution is -2.44. The fourth-order valence-electron chi connectivity index (χ4n) is 4.85. The number of hydrogen-bond acceptors (Lipinski definition) is 8. The molecule has 0 aliphatic heterocycles. The van der Waals surface area contributed by atoms with Crippen LogP contribution in [0.5, 0.6) is 0 Å². The van der Waals surface area contributed by atoms with Crippen LogP contribution in [-0.4, -0.2) is 76.8 Å². The number of para-hydroxylation sites is 1. The molecular formula is C33H49N9O5. The van der Waals surface area contributed by atoms with E-state index in [2.05, 4.69) is 43.1 Å². The van der Waals surface area contributed by atoms with Crippen molar-refractivity contribution in [2.75, 3.05) is 38.5 Å². The minimum Gasteiger partial charge on any atom is -0.382 e. The summed E-state index contributed by atoms with van der Waals surface area (Å²) in [5.41, 5.74) is 8.82. The van der Waals surface area contributed by atoms with Crippen LogP contribution in [0.3, 0.4) is 0 Å². The fourth-order valence-corrected chi connectivity index (χ4v) is 4.85. The average Bonchev–Trinajstić information content (AvgIpc) is 3.44. The summed E-state index contributed by atoms with van der Waals surface area (Å²) in [7, 11) is 0. The molecule has 1 unspecified atom stereocenters. The molecule has 0 aliphatic rings. The third kappa shape index (κ3) is 11.8. The van der Waals surface area contributed by atoms with Crippen LogP contribution in [0.4, 0.5) is 5.82 Å². The first-order chi connectivity index (χ1) is 22.6. The Labute approximate surface area is 275 Å². The predicted octanol–water partition coefficient (Wildman–Crippen LogP) is 1.70. The molecule has 1 aromatic carbocycles. The van der Waals surface area contributed by atoms with E-state index in [1.807, 2.05) is 38.1 Å². The highest BCUT2D eigenvalue weighted by Gasteiger charge is 2.17. The van der Waals surface area contributed by atoms with E-state index in [9.17, 15) is 24.0 Å². The number of nitrogens with one attached hydrogen (secondary N) is 5. The van der Waals surface area contributed by atoms with Crippen LogP contribution in [0, 0.1) is 5.92 Å². The van der Waals surface area contributed by atoms with E-state index in [4.69, 9.17) is 10.7 Å². The zero-order chi connectivity index (χ0) is 34.2. The number of benzene rings is 1. The third-order valence-electron chi connectivity index (χ3n) is 7.84. The topological polar surface area (TPSA) is 202 Å². The number of nitrogens with zero attached hydrogens (tertiary/aromatic N) is 3. The van der Waals surface area contributed by atoms with Gasteiger partial charge in [0.25, 0.3) is 0 Å². The summed E-state index contributed by atoms with van der Waals surface area (Å²) in [5.74, 6) is -0.352. The van der Waals surface area contributed by atoms with E-state index >= 15 is 0 Å². The molecule has 2 heterocycles. The summed E-state index contributed by atoms with van der Waals surface area (Å²) in [6.45, 7) is 7.05. The Morgan fingerprint density at radius 1 is 0.787 bits per heavy atom. The summed E-state index contributed by atoms with van der Waals surface area (Å²) >= 11 is 0. The highest BCUT2D eigenvalue weighted by atomic mass is 16.2. The molecule has 5 amide bonds. The van der Waals surface area contributed by atoms with Crippen molar-refractivity contribution in [2.24, 2.45) is 5.92 Å². The Bertz CT molecular complexity index is 1540. The van der Waals surface area contributed by atoms with E-state index in [0.29, 0.717) is 24.8 Å². The van der Waals surface area contributed by atoms with Gasteiger partial charge in [0.2, 0.25) is 29.5 Å². The second-order valence-electron chi connectivity index (χ2n) is 11.7. The van der Waals surface area contributed by atoms with Crippen LogP contribution < -0.4 is 32.3 Å². The van der Waals surface area contributed by atoms with Crippen molar-refractivity contribution in [3.05, 3.63) is 30.1 Å². The standard InChI is InChI=1S/C33H49N9O5/c1-4-6-13-25-41-31-32(23-11-7-8-12-24(23)40-33(31)34)42(25)17-10-9-16-35-26(43)14-15-27(44)37-19-29(46)39-21-30(47)38-20-28(45)36-18-22(3)5-2/h7-8,11-12,22H,4-6,9-10,13-21H2,1-3H3,(H2,34,40)(H,35,43)(H,36,45)(H,37,44)(H,38,47)(H,39,46). The van der Waals surface area contributed by atoms with Gasteiger partial charge in [-0.2, -0.15) is 0 Å². The molecule has 0 aliphatic carbocycles. The summed E-state index contributed by atoms with van der Waals surface area (Å²) in [4.78, 5) is 69.4. The molecule has 7 N–H and O–H groups in total. The molecule has 0 saturated heterocycles. The number of nitrogen functional groups attached to an aromatic ring is 1. The Balaban J connectivity index is 1.32. The monoisotopic (exact) mass is 651 g/mol. The summed E-state index contributed by atoms with van der Waals surface area (Å²) in [6.07, 6.45) is 5.29. The number of fused-ring (bicyclic) bond motifs is 3. The molecule has 2 aromatic heterocycles. The van der Waals surface area contributed by atoms with Crippen LogP contribution >= 0.6 is 0 Å². The normalized spacial score (nSPS) is 11.6. The molecule has 0 radical (unpaired) electrons. The lowest BCUT2D eigenvalue weighted by molar-refractivity contribution is -0.129. The van der Waals surface area contributed by atoms with Gasteiger partial charge in [-0.25, -0.2) is 9.97 Å². The maximum Gasteiger partial charge on any atom is 0.239 e. The van der Waals surface area contributed by atoms with Gasteiger partial charge in [-0.3, -0.25) is 24.0 Å². The Kier molecular flexibility index (Phi) is 14.9. The van der Waals surface area contributed by atoms with E-state index in [0.717, 1.165) is 72.8 Å². The SMILES string of the molecule is CCCCc1nc2c(N)nc3ccccc3c2n1CCCCNC(=O)CCC(=O)NCC(=O)NCC(=O)NCC(=O)NCC(C)CC. The molecule has 0 fully saturated rings. The first kappa shape index (κ1) is 36.7. The molecule has 3 rings (SSSR count). The van der Waals surface area contributed by atoms with Gasteiger partial charge in [0.1, 0.15) is 11.3 Å². The lowest BCUT2D eigenvalue weighted by Gasteiger charge is -2.11. The highest BCUT2D eigenvalue weighted by Crippen LogP contribution is 2.29. The van der Waals surface area contributed by atoms with Gasteiger partial charge < -0.3 is 36.9 Å². The van der Waals surface area contributed by atoms with Crippen LogP contribution in [0.25, 0.3) is 21.9 Å². The first-order valence-electron chi connectivity index (χ1n) is 16.5. The molecule has 47 heavy (non-hydrogen) atoms. The number of amides is 5. The van der Waals surface area contributed by atoms with E-state index in [1.165, 1.54) is 0 Å². The third-order valence-corrected chi connectivity index (χ3v) is 7.84. The second-order valence-corrected chi connectivity index (χ2v) is 11.7. The van der Waals surface area contributed by atoms with Crippen LogP contribution in [0.2, 0.25) is 0 Å². The van der Waals surface area contributed by atoms with E-state index in [1.54, 1.807) is 0 Å². The number of hydrogen-bond donors (Lipinski definition) is 6. The van der Waals surface area contributed by atoms with Crippen molar-refractivity contribution in [1.29, 1.82) is 0 Å². The van der Waals surface area contributed by atoms with Gasteiger partial charge in [0.15, 0.2) is 5.82 Å². The number of carbonyl (C=O) groups is 5. The van der Waals surface area contributed by atoms with E-state index in [-0.39, 0.29) is 44.3 Å². The molecule has 14 nitrogen and oxygen atoms in total. The minimum absolute atomic E-state index is 0.0133. The van der Waals surface area contributed by atoms with Crippen molar-refractivity contribution in [3.63, 3.8) is 0 Å². The van der Waals surface area contributed by atoms with Gasteiger partial charge in [-0.15, -0.1) is 0 Å². The lowest BCUT2D eigenvalue weighted by atomic mass is 10.1. The number of rotatable bonds is 20. The number of imidazole rings is 1. The van der Waals surface area contributed by atoms with Crippen molar-refractivity contribution < 1.29 is 24.0 Å². The quantitative estimate of drug-likeness (QED) is 0.0991.